The molecule has 1 aromatic carbocycles. The molecule has 2 aromatic rings. The van der Waals surface area contributed by atoms with E-state index in [1.165, 1.54) is 12.1 Å². The predicted octanol–water partition coefficient (Wildman–Crippen LogP) is 1.43. The highest BCUT2D eigenvalue weighted by Crippen LogP contribution is 2.10. The lowest BCUT2D eigenvalue weighted by Gasteiger charge is -2.19. The molecule has 0 bridgehead atoms. The normalized spacial score (nSPS) is 11.7. The van der Waals surface area contributed by atoms with Gasteiger partial charge < -0.3 is 25.7 Å². The van der Waals surface area contributed by atoms with E-state index in [9.17, 15) is 14.4 Å². The number of hydrogen-bond donors (Lipinski definition) is 3. The van der Waals surface area contributed by atoms with Crippen LogP contribution in [0.5, 0.6) is 0 Å². The van der Waals surface area contributed by atoms with E-state index >= 15 is 0 Å². The van der Waals surface area contributed by atoms with E-state index in [2.05, 4.69) is 10.3 Å². The third kappa shape index (κ3) is 5.95. The fourth-order valence-corrected chi connectivity index (χ4v) is 2.63. The van der Waals surface area contributed by atoms with Crippen LogP contribution in [-0.4, -0.2) is 47.9 Å². The number of carbonyl (C=O) groups excluding carboxylic acids is 3. The van der Waals surface area contributed by atoms with E-state index in [4.69, 9.17) is 10.5 Å². The van der Waals surface area contributed by atoms with Gasteiger partial charge in [0, 0.05) is 27.2 Å². The highest BCUT2D eigenvalue weighted by molar-refractivity contribution is 5.96. The lowest BCUT2D eigenvalue weighted by molar-refractivity contribution is -0.132. The maximum atomic E-state index is 12.2. The molecule has 0 radical (unpaired) electrons. The summed E-state index contributed by atoms with van der Waals surface area (Å²) >= 11 is 0. The Kier molecular flexibility index (Phi) is 7.34. The average Bonchev–Trinajstić information content (AvgIpc) is 3.17. The number of nitrogens with one attached hydrogen (secondary N) is 2. The molecule has 0 spiro atoms. The molecule has 0 aliphatic carbocycles. The number of benzene rings is 1. The second-order valence-electron chi connectivity index (χ2n) is 6.65. The zero-order valence-electron chi connectivity index (χ0n) is 16.3. The SMILES string of the molecule is COC(C)CC(=O)N(C)Cc1cccc(CNC(=O)c2ccc(C(N)=O)[nH]2)c1. The van der Waals surface area contributed by atoms with Crippen molar-refractivity contribution in [1.29, 1.82) is 0 Å². The van der Waals surface area contributed by atoms with Crippen molar-refractivity contribution < 1.29 is 19.1 Å². The molecular weight excluding hydrogens is 360 g/mol. The van der Waals surface area contributed by atoms with Gasteiger partial charge >= 0.3 is 0 Å². The summed E-state index contributed by atoms with van der Waals surface area (Å²) in [5.41, 5.74) is 7.48. The first-order valence-electron chi connectivity index (χ1n) is 8.91. The highest BCUT2D eigenvalue weighted by Gasteiger charge is 2.14. The van der Waals surface area contributed by atoms with Gasteiger partial charge in [-0.3, -0.25) is 14.4 Å². The van der Waals surface area contributed by atoms with Gasteiger partial charge in [-0.25, -0.2) is 0 Å². The number of carbonyl (C=O) groups is 3. The molecule has 0 aliphatic rings. The van der Waals surface area contributed by atoms with E-state index in [1.807, 2.05) is 31.2 Å². The smallest absolute Gasteiger partial charge is 0.267 e. The van der Waals surface area contributed by atoms with Crippen LogP contribution in [0.15, 0.2) is 36.4 Å². The number of H-pyrrole nitrogens is 1. The molecule has 4 N–H and O–H groups in total. The van der Waals surface area contributed by atoms with Crippen molar-refractivity contribution in [3.05, 3.63) is 58.9 Å². The summed E-state index contributed by atoms with van der Waals surface area (Å²) in [6.07, 6.45) is 0.200. The maximum absolute atomic E-state index is 12.2. The van der Waals surface area contributed by atoms with Gasteiger partial charge in [-0.1, -0.05) is 24.3 Å². The molecule has 2 rings (SSSR count). The standard InChI is InChI=1S/C20H26N4O4/c1-13(28-3)9-18(25)24(2)12-15-6-4-5-14(10-15)11-22-20(27)17-8-7-16(23-17)19(21)26/h4-8,10,13,23H,9,11-12H2,1-3H3,(H2,21,26)(H,22,27). The van der Waals surface area contributed by atoms with Gasteiger partial charge in [0.05, 0.1) is 12.5 Å². The number of aromatic nitrogens is 1. The molecule has 0 saturated carbocycles. The van der Waals surface area contributed by atoms with Crippen LogP contribution >= 0.6 is 0 Å². The zero-order valence-corrected chi connectivity index (χ0v) is 16.3. The third-order valence-corrected chi connectivity index (χ3v) is 4.35. The molecular formula is C20H26N4O4. The quantitative estimate of drug-likeness (QED) is 0.604. The first kappa shape index (κ1) is 21.2. The summed E-state index contributed by atoms with van der Waals surface area (Å²) < 4.78 is 5.13. The molecule has 28 heavy (non-hydrogen) atoms. The van der Waals surface area contributed by atoms with E-state index in [0.717, 1.165) is 11.1 Å². The molecule has 0 saturated heterocycles. The van der Waals surface area contributed by atoms with Gasteiger partial charge in [0.25, 0.3) is 11.8 Å². The minimum Gasteiger partial charge on any atom is -0.381 e. The van der Waals surface area contributed by atoms with Gasteiger partial charge in [0.15, 0.2) is 0 Å². The second kappa shape index (κ2) is 9.70. The van der Waals surface area contributed by atoms with Gasteiger partial charge in [-0.15, -0.1) is 0 Å². The molecule has 1 aromatic heterocycles. The number of rotatable bonds is 9. The van der Waals surface area contributed by atoms with Crippen molar-refractivity contribution in [2.45, 2.75) is 32.5 Å². The fraction of sp³-hybridized carbons (Fsp3) is 0.350. The van der Waals surface area contributed by atoms with E-state index in [-0.39, 0.29) is 29.3 Å². The van der Waals surface area contributed by atoms with Gasteiger partial charge in [-0.2, -0.15) is 0 Å². The Morgan fingerprint density at radius 3 is 2.50 bits per heavy atom. The Hall–Kier alpha value is -3.13. The van der Waals surface area contributed by atoms with Gasteiger partial charge in [0.1, 0.15) is 11.4 Å². The summed E-state index contributed by atoms with van der Waals surface area (Å²) in [5.74, 6) is -0.950. The molecule has 1 atom stereocenters. The van der Waals surface area contributed by atoms with Crippen LogP contribution < -0.4 is 11.1 Å². The van der Waals surface area contributed by atoms with Crippen molar-refractivity contribution in [3.63, 3.8) is 0 Å². The van der Waals surface area contributed by atoms with Crippen LogP contribution in [0.2, 0.25) is 0 Å². The fourth-order valence-electron chi connectivity index (χ4n) is 2.63. The topological polar surface area (TPSA) is 118 Å². The minimum absolute atomic E-state index is 0.00468. The van der Waals surface area contributed by atoms with E-state index in [0.29, 0.717) is 19.5 Å². The van der Waals surface area contributed by atoms with Crippen LogP contribution in [0, 0.1) is 0 Å². The minimum atomic E-state index is -0.620. The summed E-state index contributed by atoms with van der Waals surface area (Å²) in [6.45, 7) is 2.64. The second-order valence-corrected chi connectivity index (χ2v) is 6.65. The van der Waals surface area contributed by atoms with Gasteiger partial charge in [0.2, 0.25) is 5.91 Å². The summed E-state index contributed by atoms with van der Waals surface area (Å²) in [6, 6.07) is 10.6. The monoisotopic (exact) mass is 386 g/mol. The first-order valence-corrected chi connectivity index (χ1v) is 8.91. The Morgan fingerprint density at radius 1 is 1.18 bits per heavy atom. The lowest BCUT2D eigenvalue weighted by Crippen LogP contribution is -2.29. The number of methoxy groups -OCH3 is 1. The largest absolute Gasteiger partial charge is 0.381 e. The summed E-state index contributed by atoms with van der Waals surface area (Å²) in [5, 5.41) is 2.79. The third-order valence-electron chi connectivity index (χ3n) is 4.35. The predicted molar refractivity (Wildman–Crippen MR) is 104 cm³/mol. The molecule has 1 heterocycles. The molecule has 0 fully saturated rings. The number of ether oxygens (including phenoxy) is 1. The Bertz CT molecular complexity index is 846. The Balaban J connectivity index is 1.92. The summed E-state index contributed by atoms with van der Waals surface area (Å²) in [4.78, 5) is 39.8. The average molecular weight is 386 g/mol. The Labute approximate surface area is 164 Å². The number of hydrogen-bond acceptors (Lipinski definition) is 4. The van der Waals surface area contributed by atoms with Crippen LogP contribution in [-0.2, 0) is 22.6 Å². The molecule has 3 amide bonds. The highest BCUT2D eigenvalue weighted by atomic mass is 16.5. The number of amides is 3. The summed E-state index contributed by atoms with van der Waals surface area (Å²) in [7, 11) is 3.33. The van der Waals surface area contributed by atoms with E-state index < -0.39 is 5.91 Å². The number of aromatic amines is 1. The van der Waals surface area contributed by atoms with Crippen LogP contribution in [0.1, 0.15) is 45.4 Å². The zero-order chi connectivity index (χ0) is 20.7. The number of nitrogens with zero attached hydrogens (tertiary/aromatic N) is 1. The number of nitrogens with two attached hydrogens (primary N) is 1. The van der Waals surface area contributed by atoms with Crippen molar-refractivity contribution >= 4 is 17.7 Å². The molecule has 1 unspecified atom stereocenters. The van der Waals surface area contributed by atoms with Crippen molar-refractivity contribution in [2.75, 3.05) is 14.2 Å². The lowest BCUT2D eigenvalue weighted by atomic mass is 10.1. The number of primary amides is 1. The van der Waals surface area contributed by atoms with Crippen LogP contribution in [0.3, 0.4) is 0 Å². The van der Waals surface area contributed by atoms with Crippen LogP contribution in [0.25, 0.3) is 0 Å². The maximum Gasteiger partial charge on any atom is 0.267 e. The van der Waals surface area contributed by atoms with E-state index in [1.54, 1.807) is 19.1 Å². The molecule has 0 aliphatic heterocycles. The van der Waals surface area contributed by atoms with Gasteiger partial charge in [-0.05, 0) is 30.2 Å². The molecule has 8 heteroatoms. The van der Waals surface area contributed by atoms with Crippen molar-refractivity contribution in [3.8, 4) is 0 Å². The van der Waals surface area contributed by atoms with Crippen molar-refractivity contribution in [2.24, 2.45) is 5.73 Å². The van der Waals surface area contributed by atoms with Crippen LogP contribution in [0.4, 0.5) is 0 Å². The Morgan fingerprint density at radius 2 is 1.86 bits per heavy atom. The molecule has 8 nitrogen and oxygen atoms in total. The van der Waals surface area contributed by atoms with Crippen molar-refractivity contribution in [1.82, 2.24) is 15.2 Å². The molecule has 150 valence electrons. The first-order chi connectivity index (χ1) is 13.3.